The first-order valence-corrected chi connectivity index (χ1v) is 7.85. The Labute approximate surface area is 130 Å². The topological polar surface area (TPSA) is 74.4 Å². The number of aliphatic hydroxyl groups is 1. The second kappa shape index (κ2) is 7.38. The zero-order valence-corrected chi connectivity index (χ0v) is 12.6. The normalized spacial score (nSPS) is 17.3. The van der Waals surface area contributed by atoms with E-state index in [4.69, 9.17) is 4.52 Å². The first kappa shape index (κ1) is 15.0. The molecule has 0 aliphatic carbocycles. The number of aromatic nitrogens is 2. The van der Waals surface area contributed by atoms with Crippen LogP contribution >= 0.6 is 0 Å². The lowest BCUT2D eigenvalue weighted by atomic mass is 10.1. The van der Waals surface area contributed by atoms with Gasteiger partial charge in [0.05, 0.1) is 6.10 Å². The van der Waals surface area contributed by atoms with Crippen molar-refractivity contribution in [2.45, 2.75) is 25.4 Å². The van der Waals surface area contributed by atoms with Crippen molar-refractivity contribution in [3.8, 4) is 11.5 Å². The molecule has 2 heterocycles. The van der Waals surface area contributed by atoms with E-state index in [1.807, 2.05) is 30.3 Å². The highest BCUT2D eigenvalue weighted by Gasteiger charge is 2.15. The Morgan fingerprint density at radius 2 is 1.95 bits per heavy atom. The van der Waals surface area contributed by atoms with Gasteiger partial charge in [-0.3, -0.25) is 0 Å². The number of anilines is 1. The van der Waals surface area contributed by atoms with E-state index < -0.39 is 6.10 Å². The Kier molecular flexibility index (Phi) is 5.03. The van der Waals surface area contributed by atoms with Gasteiger partial charge in [0.25, 0.3) is 11.8 Å². The molecule has 6 heteroatoms. The first-order valence-electron chi connectivity index (χ1n) is 7.85. The number of hydrogen-bond acceptors (Lipinski definition) is 6. The number of nitrogens with zero attached hydrogens (tertiary/aromatic N) is 3. The van der Waals surface area contributed by atoms with E-state index in [1.54, 1.807) is 0 Å². The van der Waals surface area contributed by atoms with E-state index in [-0.39, 0.29) is 0 Å². The Balaban J connectivity index is 1.48. The maximum absolute atomic E-state index is 10.1. The third kappa shape index (κ3) is 4.05. The van der Waals surface area contributed by atoms with Gasteiger partial charge in [-0.1, -0.05) is 24.6 Å². The number of piperidine rings is 1. The Hall–Kier alpha value is -1.92. The summed E-state index contributed by atoms with van der Waals surface area (Å²) in [4.78, 5) is 6.59. The van der Waals surface area contributed by atoms with Gasteiger partial charge in [0.15, 0.2) is 0 Å². The monoisotopic (exact) mass is 302 g/mol. The van der Waals surface area contributed by atoms with Crippen molar-refractivity contribution < 1.29 is 9.63 Å². The van der Waals surface area contributed by atoms with Crippen molar-refractivity contribution in [3.05, 3.63) is 30.3 Å². The van der Waals surface area contributed by atoms with Crippen LogP contribution in [0, 0.1) is 0 Å². The number of hydrogen-bond donors (Lipinski definition) is 2. The first-order chi connectivity index (χ1) is 10.8. The minimum absolute atomic E-state index is 0.413. The largest absolute Gasteiger partial charge is 0.390 e. The molecule has 6 nitrogen and oxygen atoms in total. The second-order valence-corrected chi connectivity index (χ2v) is 5.69. The van der Waals surface area contributed by atoms with Gasteiger partial charge in [0.2, 0.25) is 0 Å². The summed E-state index contributed by atoms with van der Waals surface area (Å²) in [5.74, 6) is 0.894. The molecule has 2 aromatic rings. The van der Waals surface area contributed by atoms with Crippen molar-refractivity contribution in [1.82, 2.24) is 15.0 Å². The van der Waals surface area contributed by atoms with Crippen LogP contribution in [-0.4, -0.2) is 52.4 Å². The van der Waals surface area contributed by atoms with Crippen LogP contribution in [-0.2, 0) is 0 Å². The van der Waals surface area contributed by atoms with E-state index >= 15 is 0 Å². The van der Waals surface area contributed by atoms with E-state index in [0.29, 0.717) is 24.9 Å². The molecule has 1 saturated heterocycles. The molecular formula is C16H22N4O2. The third-order valence-corrected chi connectivity index (χ3v) is 3.86. The highest BCUT2D eigenvalue weighted by Crippen LogP contribution is 2.17. The van der Waals surface area contributed by atoms with Crippen LogP contribution < -0.4 is 5.32 Å². The summed E-state index contributed by atoms with van der Waals surface area (Å²) in [5, 5.41) is 17.0. The highest BCUT2D eigenvalue weighted by molar-refractivity contribution is 5.53. The number of nitrogens with one attached hydrogen (secondary N) is 1. The molecule has 0 unspecified atom stereocenters. The van der Waals surface area contributed by atoms with Crippen LogP contribution in [0.4, 0.5) is 5.95 Å². The zero-order chi connectivity index (χ0) is 15.2. The summed E-state index contributed by atoms with van der Waals surface area (Å²) >= 11 is 0. The van der Waals surface area contributed by atoms with E-state index in [9.17, 15) is 5.11 Å². The third-order valence-electron chi connectivity index (χ3n) is 3.86. The van der Waals surface area contributed by atoms with Gasteiger partial charge in [0.1, 0.15) is 0 Å². The fourth-order valence-corrected chi connectivity index (χ4v) is 2.71. The van der Waals surface area contributed by atoms with Crippen molar-refractivity contribution in [3.63, 3.8) is 0 Å². The molecule has 1 aliphatic heterocycles. The molecule has 0 saturated carbocycles. The van der Waals surface area contributed by atoms with Gasteiger partial charge in [-0.2, -0.15) is 4.98 Å². The molecule has 0 spiro atoms. The molecule has 3 rings (SSSR count). The summed E-state index contributed by atoms with van der Waals surface area (Å²) in [6.45, 7) is 3.27. The fraction of sp³-hybridized carbons (Fsp3) is 0.500. The number of rotatable bonds is 6. The molecule has 22 heavy (non-hydrogen) atoms. The van der Waals surface area contributed by atoms with Gasteiger partial charge >= 0.3 is 0 Å². The van der Waals surface area contributed by atoms with Crippen molar-refractivity contribution in [1.29, 1.82) is 0 Å². The van der Waals surface area contributed by atoms with Crippen LogP contribution in [0.25, 0.3) is 11.5 Å². The standard InChI is InChI=1S/C16H22N4O2/c21-14(12-20-9-5-2-6-10-20)11-17-16-18-15(22-19-16)13-7-3-1-4-8-13/h1,3-4,7-8,14,21H,2,5-6,9-12H2,(H,17,19)/t14-/m1/s1. The summed E-state index contributed by atoms with van der Waals surface area (Å²) in [6.07, 6.45) is 3.32. The van der Waals surface area contributed by atoms with Crippen LogP contribution in [0.15, 0.2) is 34.9 Å². The lowest BCUT2D eigenvalue weighted by Gasteiger charge is -2.28. The summed E-state index contributed by atoms with van der Waals surface area (Å²) in [6, 6.07) is 9.63. The van der Waals surface area contributed by atoms with Crippen LogP contribution in [0.5, 0.6) is 0 Å². The smallest absolute Gasteiger partial charge is 0.263 e. The Bertz CT molecular complexity index is 567. The number of β-amino-alcohol motifs (C(OH)–C–C–N with tert-alkyl or cyclic N) is 1. The summed E-state index contributed by atoms with van der Waals surface area (Å²) in [7, 11) is 0. The molecular weight excluding hydrogens is 280 g/mol. The predicted molar refractivity (Wildman–Crippen MR) is 84.5 cm³/mol. The predicted octanol–water partition coefficient (Wildman–Crippen LogP) is 2.00. The average Bonchev–Trinajstić information content (AvgIpc) is 3.04. The van der Waals surface area contributed by atoms with Gasteiger partial charge in [-0.25, -0.2) is 0 Å². The molecule has 1 fully saturated rings. The number of aliphatic hydroxyl groups excluding tert-OH is 1. The Morgan fingerprint density at radius 1 is 1.18 bits per heavy atom. The molecule has 1 aromatic carbocycles. The summed E-state index contributed by atoms with van der Waals surface area (Å²) < 4.78 is 5.22. The van der Waals surface area contributed by atoms with Crippen LogP contribution in [0.3, 0.4) is 0 Å². The molecule has 2 N–H and O–H groups in total. The van der Waals surface area contributed by atoms with Crippen molar-refractivity contribution >= 4 is 5.95 Å². The summed E-state index contributed by atoms with van der Waals surface area (Å²) in [5.41, 5.74) is 0.886. The van der Waals surface area contributed by atoms with Crippen LogP contribution in [0.2, 0.25) is 0 Å². The molecule has 0 bridgehead atoms. The molecule has 1 aliphatic rings. The van der Waals surface area contributed by atoms with Gasteiger partial charge in [-0.05, 0) is 43.2 Å². The molecule has 1 aromatic heterocycles. The zero-order valence-electron chi connectivity index (χ0n) is 12.6. The van der Waals surface area contributed by atoms with E-state index in [0.717, 1.165) is 18.7 Å². The molecule has 118 valence electrons. The molecule has 1 atom stereocenters. The Morgan fingerprint density at radius 3 is 2.73 bits per heavy atom. The second-order valence-electron chi connectivity index (χ2n) is 5.69. The molecule has 0 radical (unpaired) electrons. The van der Waals surface area contributed by atoms with Gasteiger partial charge in [-0.15, -0.1) is 0 Å². The minimum Gasteiger partial charge on any atom is -0.390 e. The fourth-order valence-electron chi connectivity index (χ4n) is 2.71. The number of likely N-dealkylation sites (tertiary alicyclic amines) is 1. The van der Waals surface area contributed by atoms with Crippen molar-refractivity contribution in [2.24, 2.45) is 0 Å². The quantitative estimate of drug-likeness (QED) is 0.850. The average molecular weight is 302 g/mol. The van der Waals surface area contributed by atoms with E-state index in [2.05, 4.69) is 20.4 Å². The van der Waals surface area contributed by atoms with E-state index in [1.165, 1.54) is 19.3 Å². The lowest BCUT2D eigenvalue weighted by Crippen LogP contribution is -2.39. The lowest BCUT2D eigenvalue weighted by molar-refractivity contribution is 0.109. The maximum atomic E-state index is 10.1. The van der Waals surface area contributed by atoms with Crippen LogP contribution in [0.1, 0.15) is 19.3 Å². The van der Waals surface area contributed by atoms with Gasteiger partial charge in [0, 0.05) is 18.7 Å². The van der Waals surface area contributed by atoms with Crippen molar-refractivity contribution in [2.75, 3.05) is 31.5 Å². The van der Waals surface area contributed by atoms with Gasteiger partial charge < -0.3 is 19.8 Å². The highest BCUT2D eigenvalue weighted by atomic mass is 16.5. The molecule has 0 amide bonds. The number of benzene rings is 1. The SMILES string of the molecule is O[C@H](CNc1noc(-c2ccccc2)n1)CN1CCCCC1. The maximum Gasteiger partial charge on any atom is 0.263 e. The minimum atomic E-state index is -0.434.